The number of carbonyl (C=O) groups is 2. The Balaban J connectivity index is 2.10. The number of ether oxygens (including phenoxy) is 1. The molecule has 0 bridgehead atoms. The number of hydrogen-bond donors (Lipinski definition) is 1. The van der Waals surface area contributed by atoms with Gasteiger partial charge in [-0.15, -0.1) is 0 Å². The third kappa shape index (κ3) is 8.58. The lowest BCUT2D eigenvalue weighted by atomic mass is 10.0. The minimum absolute atomic E-state index is 0.0798. The van der Waals surface area contributed by atoms with Gasteiger partial charge in [-0.3, -0.25) is 13.9 Å². The summed E-state index contributed by atoms with van der Waals surface area (Å²) in [5.41, 5.74) is 2.20. The van der Waals surface area contributed by atoms with Gasteiger partial charge in [-0.1, -0.05) is 60.7 Å². The van der Waals surface area contributed by atoms with Crippen molar-refractivity contribution < 1.29 is 22.7 Å². The first-order valence-electron chi connectivity index (χ1n) is 13.1. The zero-order chi connectivity index (χ0) is 29.5. The molecule has 0 aromatic heterocycles. The summed E-state index contributed by atoms with van der Waals surface area (Å²) in [5, 5.41) is 3.02. The number of aryl methyl sites for hydroxylation is 1. The van der Waals surface area contributed by atoms with Gasteiger partial charge in [-0.2, -0.15) is 0 Å². The Morgan fingerprint density at radius 3 is 2.15 bits per heavy atom. The van der Waals surface area contributed by atoms with Crippen molar-refractivity contribution in [2.24, 2.45) is 0 Å². The fraction of sp³-hybridized carbons (Fsp3) is 0.355. The monoisotopic (exact) mass is 565 g/mol. The Labute approximate surface area is 238 Å². The normalized spacial score (nSPS) is 12.3. The fourth-order valence-corrected chi connectivity index (χ4v) is 5.32. The van der Waals surface area contributed by atoms with Crippen molar-refractivity contribution >= 4 is 27.5 Å². The topological polar surface area (TPSA) is 96.0 Å². The number of sulfonamides is 1. The van der Waals surface area contributed by atoms with Gasteiger partial charge in [0.05, 0.1) is 19.1 Å². The van der Waals surface area contributed by atoms with Gasteiger partial charge in [0.1, 0.15) is 18.3 Å². The van der Waals surface area contributed by atoms with E-state index < -0.39 is 34.1 Å². The molecule has 8 nitrogen and oxygen atoms in total. The molecule has 0 spiro atoms. The molecule has 0 radical (unpaired) electrons. The molecule has 1 unspecified atom stereocenters. The van der Waals surface area contributed by atoms with Gasteiger partial charge in [0, 0.05) is 18.5 Å². The number of anilines is 1. The van der Waals surface area contributed by atoms with Crippen LogP contribution >= 0.6 is 0 Å². The van der Waals surface area contributed by atoms with E-state index in [1.165, 1.54) is 4.90 Å². The molecule has 0 saturated carbocycles. The van der Waals surface area contributed by atoms with Crippen molar-refractivity contribution in [2.75, 3.05) is 24.2 Å². The van der Waals surface area contributed by atoms with Gasteiger partial charge < -0.3 is 15.0 Å². The maximum absolute atomic E-state index is 14.2. The van der Waals surface area contributed by atoms with E-state index in [1.54, 1.807) is 44.4 Å². The molecule has 3 aromatic carbocycles. The highest BCUT2D eigenvalue weighted by Gasteiger charge is 2.34. The highest BCUT2D eigenvalue weighted by Crippen LogP contribution is 2.24. The van der Waals surface area contributed by atoms with E-state index in [9.17, 15) is 18.0 Å². The number of amides is 2. The minimum Gasteiger partial charge on any atom is -0.497 e. The van der Waals surface area contributed by atoms with E-state index >= 15 is 0 Å². The number of carbonyl (C=O) groups excluding carboxylic acids is 2. The molecule has 2 amide bonds. The van der Waals surface area contributed by atoms with Crippen molar-refractivity contribution in [3.05, 3.63) is 95.6 Å². The average molecular weight is 566 g/mol. The van der Waals surface area contributed by atoms with Crippen molar-refractivity contribution in [2.45, 2.75) is 52.2 Å². The second-order valence-corrected chi connectivity index (χ2v) is 12.8. The number of benzene rings is 3. The summed E-state index contributed by atoms with van der Waals surface area (Å²) in [6.07, 6.45) is 1.33. The SMILES string of the molecule is COc1cccc(CN(C(=O)CN(c2ccccc2C)S(C)(=O)=O)C(Cc2ccccc2)C(=O)NC(C)(C)C)c1. The molecular weight excluding hydrogens is 526 g/mol. The van der Waals surface area contributed by atoms with E-state index in [-0.39, 0.29) is 18.9 Å². The highest BCUT2D eigenvalue weighted by atomic mass is 32.2. The molecule has 40 heavy (non-hydrogen) atoms. The number of methoxy groups -OCH3 is 1. The number of para-hydroxylation sites is 1. The van der Waals surface area contributed by atoms with E-state index in [2.05, 4.69) is 5.32 Å². The molecule has 3 rings (SSSR count). The van der Waals surface area contributed by atoms with Crippen LogP contribution in [0.4, 0.5) is 5.69 Å². The van der Waals surface area contributed by atoms with E-state index in [1.807, 2.05) is 69.3 Å². The first-order valence-corrected chi connectivity index (χ1v) is 14.9. The molecule has 214 valence electrons. The standard InChI is InChI=1S/C31H39N3O5S/c1-23-13-10-11-18-27(23)34(40(6,37)38)22-29(35)33(21-25-16-12-17-26(19-25)39-5)28(30(36)32-31(2,3)4)20-24-14-8-7-9-15-24/h7-19,28H,20-22H2,1-6H3,(H,32,36). The number of rotatable bonds is 11. The summed E-state index contributed by atoms with van der Waals surface area (Å²) in [6, 6.07) is 22.8. The Morgan fingerprint density at radius 1 is 0.925 bits per heavy atom. The molecule has 0 aliphatic rings. The Morgan fingerprint density at radius 2 is 1.55 bits per heavy atom. The van der Waals surface area contributed by atoms with Crippen LogP contribution < -0.4 is 14.4 Å². The summed E-state index contributed by atoms with van der Waals surface area (Å²) in [5.74, 6) is -0.211. The fourth-order valence-electron chi connectivity index (χ4n) is 4.41. The van der Waals surface area contributed by atoms with Crippen LogP contribution in [0.25, 0.3) is 0 Å². The first kappa shape index (κ1) is 30.7. The van der Waals surface area contributed by atoms with Crippen LogP contribution in [0.2, 0.25) is 0 Å². The van der Waals surface area contributed by atoms with E-state index in [0.717, 1.165) is 21.7 Å². The van der Waals surface area contributed by atoms with Gasteiger partial charge in [0.15, 0.2) is 0 Å². The quantitative estimate of drug-likeness (QED) is 0.374. The van der Waals surface area contributed by atoms with Crippen molar-refractivity contribution in [3.63, 3.8) is 0 Å². The number of nitrogens with one attached hydrogen (secondary N) is 1. The predicted molar refractivity (Wildman–Crippen MR) is 159 cm³/mol. The van der Waals surface area contributed by atoms with Crippen LogP contribution in [0.5, 0.6) is 5.75 Å². The lowest BCUT2D eigenvalue weighted by molar-refractivity contribution is -0.140. The van der Waals surface area contributed by atoms with Crippen LogP contribution in [-0.4, -0.2) is 56.6 Å². The minimum atomic E-state index is -3.82. The number of hydrogen-bond acceptors (Lipinski definition) is 5. The van der Waals surface area contributed by atoms with Gasteiger partial charge in [-0.25, -0.2) is 8.42 Å². The summed E-state index contributed by atoms with van der Waals surface area (Å²) >= 11 is 0. The summed E-state index contributed by atoms with van der Waals surface area (Å²) in [7, 11) is -2.26. The molecule has 3 aromatic rings. The van der Waals surface area contributed by atoms with Crippen LogP contribution in [0.1, 0.15) is 37.5 Å². The Kier molecular flexibility index (Phi) is 9.98. The molecule has 0 saturated heterocycles. The zero-order valence-corrected chi connectivity index (χ0v) is 24.9. The van der Waals surface area contributed by atoms with Crippen LogP contribution in [0.15, 0.2) is 78.9 Å². The summed E-state index contributed by atoms with van der Waals surface area (Å²) in [4.78, 5) is 29.4. The first-order chi connectivity index (χ1) is 18.8. The van der Waals surface area contributed by atoms with Crippen molar-refractivity contribution in [1.29, 1.82) is 0 Å². The largest absolute Gasteiger partial charge is 0.497 e. The van der Waals surface area contributed by atoms with E-state index in [4.69, 9.17) is 4.74 Å². The molecular formula is C31H39N3O5S. The second kappa shape index (κ2) is 13.0. The maximum Gasteiger partial charge on any atom is 0.244 e. The molecule has 1 N–H and O–H groups in total. The third-order valence-electron chi connectivity index (χ3n) is 6.32. The maximum atomic E-state index is 14.2. The van der Waals surface area contributed by atoms with Gasteiger partial charge in [0.25, 0.3) is 0 Å². The lowest BCUT2D eigenvalue weighted by Crippen LogP contribution is -2.56. The van der Waals surface area contributed by atoms with Crippen molar-refractivity contribution in [3.8, 4) is 5.75 Å². The summed E-state index contributed by atoms with van der Waals surface area (Å²) in [6.45, 7) is 7.05. The number of nitrogens with zero attached hydrogens (tertiary/aromatic N) is 2. The molecule has 0 aliphatic heterocycles. The Hall–Kier alpha value is -3.85. The lowest BCUT2D eigenvalue weighted by Gasteiger charge is -2.35. The van der Waals surface area contributed by atoms with Gasteiger partial charge in [-0.05, 0) is 62.6 Å². The summed E-state index contributed by atoms with van der Waals surface area (Å²) < 4.78 is 32.3. The van der Waals surface area contributed by atoms with Crippen LogP contribution in [0, 0.1) is 6.92 Å². The molecule has 1 atom stereocenters. The smallest absolute Gasteiger partial charge is 0.244 e. The average Bonchev–Trinajstić information content (AvgIpc) is 2.88. The van der Waals surface area contributed by atoms with E-state index in [0.29, 0.717) is 17.0 Å². The highest BCUT2D eigenvalue weighted by molar-refractivity contribution is 7.92. The molecule has 0 aliphatic carbocycles. The van der Waals surface area contributed by atoms with Gasteiger partial charge >= 0.3 is 0 Å². The second-order valence-electron chi connectivity index (χ2n) is 10.9. The molecule has 9 heteroatoms. The Bertz CT molecular complexity index is 1420. The van der Waals surface area contributed by atoms with Crippen LogP contribution in [-0.2, 0) is 32.6 Å². The third-order valence-corrected chi connectivity index (χ3v) is 7.45. The zero-order valence-electron chi connectivity index (χ0n) is 24.0. The predicted octanol–water partition coefficient (Wildman–Crippen LogP) is 4.32. The van der Waals surface area contributed by atoms with Crippen LogP contribution in [0.3, 0.4) is 0 Å². The van der Waals surface area contributed by atoms with Gasteiger partial charge in [0.2, 0.25) is 21.8 Å². The molecule has 0 heterocycles. The van der Waals surface area contributed by atoms with Crippen molar-refractivity contribution in [1.82, 2.24) is 10.2 Å². The molecule has 0 fully saturated rings.